The second kappa shape index (κ2) is 4.73. The summed E-state index contributed by atoms with van der Waals surface area (Å²) in [4.78, 5) is 18.1. The third-order valence-electron chi connectivity index (χ3n) is 3.51. The molecule has 0 aromatic carbocycles. The van der Waals surface area contributed by atoms with E-state index in [0.29, 0.717) is 6.54 Å². The summed E-state index contributed by atoms with van der Waals surface area (Å²) in [7, 11) is 3.43. The summed E-state index contributed by atoms with van der Waals surface area (Å²) in [6.45, 7) is 0.677. The number of rotatable bonds is 4. The summed E-state index contributed by atoms with van der Waals surface area (Å²) >= 11 is 0. The van der Waals surface area contributed by atoms with Gasteiger partial charge in [0.25, 0.3) is 0 Å². The first-order chi connectivity index (χ1) is 8.18. The number of nitrogens with zero attached hydrogens (tertiary/aromatic N) is 2. The minimum atomic E-state index is -0.318. The van der Waals surface area contributed by atoms with Crippen LogP contribution in [0.1, 0.15) is 19.3 Å². The Bertz CT molecular complexity index is 388. The van der Waals surface area contributed by atoms with E-state index in [9.17, 15) is 4.79 Å². The van der Waals surface area contributed by atoms with Gasteiger partial charge in [0, 0.05) is 19.8 Å². The number of hydrogen-bond acceptors (Lipinski definition) is 4. The van der Waals surface area contributed by atoms with Crippen LogP contribution in [0.4, 0.5) is 5.82 Å². The molecule has 0 radical (unpaired) electrons. The summed E-state index contributed by atoms with van der Waals surface area (Å²) in [5.74, 6) is 0.800. The molecule has 1 heterocycles. The average molecular weight is 234 g/mol. The monoisotopic (exact) mass is 234 g/mol. The van der Waals surface area contributed by atoms with E-state index in [4.69, 9.17) is 4.74 Å². The molecule has 17 heavy (non-hydrogen) atoms. The molecule has 0 saturated heterocycles. The Hall–Kier alpha value is -1.58. The lowest BCUT2D eigenvalue weighted by Crippen LogP contribution is -2.47. The number of aromatic nitrogens is 1. The minimum Gasteiger partial charge on any atom is -0.469 e. The van der Waals surface area contributed by atoms with Crippen molar-refractivity contribution in [3.8, 4) is 0 Å². The van der Waals surface area contributed by atoms with Gasteiger partial charge in [-0.2, -0.15) is 0 Å². The maximum Gasteiger partial charge on any atom is 0.313 e. The van der Waals surface area contributed by atoms with Gasteiger partial charge in [-0.15, -0.1) is 0 Å². The van der Waals surface area contributed by atoms with Gasteiger partial charge in [0.15, 0.2) is 0 Å². The number of carbonyl (C=O) groups excluding carboxylic acids is 1. The molecule has 1 aliphatic carbocycles. The first-order valence-electron chi connectivity index (χ1n) is 5.88. The van der Waals surface area contributed by atoms with Crippen LogP contribution < -0.4 is 4.90 Å². The smallest absolute Gasteiger partial charge is 0.313 e. The van der Waals surface area contributed by atoms with Crippen molar-refractivity contribution >= 4 is 11.8 Å². The predicted molar refractivity (Wildman–Crippen MR) is 65.8 cm³/mol. The van der Waals surface area contributed by atoms with E-state index in [2.05, 4.69) is 4.98 Å². The highest BCUT2D eigenvalue weighted by molar-refractivity contribution is 5.78. The van der Waals surface area contributed by atoms with Crippen LogP contribution in [0.2, 0.25) is 0 Å². The van der Waals surface area contributed by atoms with Crippen molar-refractivity contribution in [3.63, 3.8) is 0 Å². The number of methoxy groups -OCH3 is 1. The Morgan fingerprint density at radius 1 is 1.53 bits per heavy atom. The van der Waals surface area contributed by atoms with Gasteiger partial charge in [-0.3, -0.25) is 4.79 Å². The van der Waals surface area contributed by atoms with E-state index in [-0.39, 0.29) is 11.4 Å². The number of carbonyl (C=O) groups is 1. The van der Waals surface area contributed by atoms with Crippen molar-refractivity contribution in [2.75, 3.05) is 25.6 Å². The zero-order valence-corrected chi connectivity index (χ0v) is 10.3. The fraction of sp³-hybridized carbons (Fsp3) is 0.538. The molecule has 2 rings (SSSR count). The van der Waals surface area contributed by atoms with Gasteiger partial charge >= 0.3 is 5.97 Å². The molecule has 0 bridgehead atoms. The molecular formula is C13H18N2O2. The van der Waals surface area contributed by atoms with E-state index in [1.807, 2.05) is 30.1 Å². The van der Waals surface area contributed by atoms with Gasteiger partial charge in [0.05, 0.1) is 12.5 Å². The molecule has 1 aromatic heterocycles. The first kappa shape index (κ1) is 11.9. The molecule has 1 aromatic rings. The third kappa shape index (κ3) is 2.25. The third-order valence-corrected chi connectivity index (χ3v) is 3.51. The van der Waals surface area contributed by atoms with Crippen LogP contribution in [0, 0.1) is 5.41 Å². The topological polar surface area (TPSA) is 42.4 Å². The average Bonchev–Trinajstić information content (AvgIpc) is 2.33. The van der Waals surface area contributed by atoms with Crippen LogP contribution in [-0.2, 0) is 9.53 Å². The molecule has 1 fully saturated rings. The summed E-state index contributed by atoms with van der Waals surface area (Å²) in [6.07, 6.45) is 4.69. The van der Waals surface area contributed by atoms with Crippen molar-refractivity contribution in [2.45, 2.75) is 19.3 Å². The van der Waals surface area contributed by atoms with Crippen molar-refractivity contribution in [1.29, 1.82) is 0 Å². The molecule has 0 unspecified atom stereocenters. The second-order valence-electron chi connectivity index (χ2n) is 4.67. The normalized spacial score (nSPS) is 17.1. The molecule has 0 amide bonds. The van der Waals surface area contributed by atoms with Crippen LogP contribution in [0.25, 0.3) is 0 Å². The molecule has 0 spiro atoms. The van der Waals surface area contributed by atoms with Gasteiger partial charge in [-0.05, 0) is 25.0 Å². The van der Waals surface area contributed by atoms with E-state index < -0.39 is 0 Å². The van der Waals surface area contributed by atoms with Crippen LogP contribution in [0.15, 0.2) is 24.4 Å². The van der Waals surface area contributed by atoms with E-state index in [1.54, 1.807) is 6.20 Å². The highest BCUT2D eigenvalue weighted by Crippen LogP contribution is 2.42. The quantitative estimate of drug-likeness (QED) is 0.746. The molecule has 0 atom stereocenters. The first-order valence-corrected chi connectivity index (χ1v) is 5.88. The lowest BCUT2D eigenvalue weighted by Gasteiger charge is -2.41. The molecule has 1 aliphatic rings. The SMILES string of the molecule is COC(=O)C1(CN(C)c2ccccn2)CCC1. The zero-order chi connectivity index (χ0) is 12.3. The second-order valence-corrected chi connectivity index (χ2v) is 4.67. The summed E-state index contributed by atoms with van der Waals surface area (Å²) in [5, 5.41) is 0. The van der Waals surface area contributed by atoms with Crippen molar-refractivity contribution in [1.82, 2.24) is 4.98 Å². The summed E-state index contributed by atoms with van der Waals surface area (Å²) < 4.78 is 4.91. The highest BCUT2D eigenvalue weighted by atomic mass is 16.5. The van der Waals surface area contributed by atoms with Crippen LogP contribution in [-0.4, -0.2) is 31.7 Å². The number of pyridine rings is 1. The zero-order valence-electron chi connectivity index (χ0n) is 10.3. The van der Waals surface area contributed by atoms with Crippen LogP contribution in [0.3, 0.4) is 0 Å². The van der Waals surface area contributed by atoms with Crippen molar-refractivity contribution in [2.24, 2.45) is 5.41 Å². The largest absolute Gasteiger partial charge is 0.469 e. The number of hydrogen-bond donors (Lipinski definition) is 0. The number of ether oxygens (including phenoxy) is 1. The Labute approximate surface area is 102 Å². The van der Waals surface area contributed by atoms with Crippen LogP contribution >= 0.6 is 0 Å². The maximum absolute atomic E-state index is 11.8. The molecule has 0 N–H and O–H groups in total. The van der Waals surface area contributed by atoms with E-state index in [1.165, 1.54) is 7.11 Å². The molecular weight excluding hydrogens is 216 g/mol. The van der Waals surface area contributed by atoms with Gasteiger partial charge < -0.3 is 9.64 Å². The predicted octanol–water partition coefficient (Wildman–Crippen LogP) is 1.86. The van der Waals surface area contributed by atoms with Gasteiger partial charge in [0.2, 0.25) is 0 Å². The lowest BCUT2D eigenvalue weighted by molar-refractivity contribution is -0.157. The summed E-state index contributed by atoms with van der Waals surface area (Å²) in [5.41, 5.74) is -0.318. The highest BCUT2D eigenvalue weighted by Gasteiger charge is 2.46. The fourth-order valence-corrected chi connectivity index (χ4v) is 2.36. The maximum atomic E-state index is 11.8. The van der Waals surface area contributed by atoms with Crippen LogP contribution in [0.5, 0.6) is 0 Å². The van der Waals surface area contributed by atoms with Gasteiger partial charge in [0.1, 0.15) is 5.82 Å². The summed E-state index contributed by atoms with van der Waals surface area (Å²) in [6, 6.07) is 5.78. The molecule has 4 nitrogen and oxygen atoms in total. The molecule has 92 valence electrons. The molecule has 1 saturated carbocycles. The Morgan fingerprint density at radius 3 is 2.76 bits per heavy atom. The lowest BCUT2D eigenvalue weighted by atomic mass is 9.68. The van der Waals surface area contributed by atoms with E-state index >= 15 is 0 Å². The Kier molecular flexibility index (Phi) is 3.31. The Morgan fingerprint density at radius 2 is 2.29 bits per heavy atom. The minimum absolute atomic E-state index is 0.0912. The molecule has 4 heteroatoms. The van der Waals surface area contributed by atoms with Gasteiger partial charge in [-0.25, -0.2) is 4.98 Å². The Balaban J connectivity index is 2.07. The standard InChI is InChI=1S/C13H18N2O2/c1-15(11-6-3-4-9-14-11)10-13(7-5-8-13)12(16)17-2/h3-4,6,9H,5,7-8,10H2,1-2H3. The number of esters is 1. The molecule has 0 aliphatic heterocycles. The fourth-order valence-electron chi connectivity index (χ4n) is 2.36. The van der Waals surface area contributed by atoms with Gasteiger partial charge in [-0.1, -0.05) is 12.5 Å². The van der Waals surface area contributed by atoms with E-state index in [0.717, 1.165) is 25.1 Å². The van der Waals surface area contributed by atoms with Crippen molar-refractivity contribution in [3.05, 3.63) is 24.4 Å². The van der Waals surface area contributed by atoms with Crippen molar-refractivity contribution < 1.29 is 9.53 Å². The number of anilines is 1.